The zero-order valence-corrected chi connectivity index (χ0v) is 19.1. The van der Waals surface area contributed by atoms with Crippen LogP contribution in [0.4, 0.5) is 0 Å². The van der Waals surface area contributed by atoms with E-state index in [0.717, 1.165) is 66.2 Å². The maximum Gasteiger partial charge on any atom is 0.182 e. The molecule has 34 heavy (non-hydrogen) atoms. The number of nitrogens with one attached hydrogen (secondary N) is 2. The second-order valence-electron chi connectivity index (χ2n) is 8.59. The summed E-state index contributed by atoms with van der Waals surface area (Å²) in [7, 11) is 0. The summed E-state index contributed by atoms with van der Waals surface area (Å²) in [6.07, 6.45) is 4.03. The van der Waals surface area contributed by atoms with Crippen molar-refractivity contribution in [3.63, 3.8) is 0 Å². The number of ketones is 1. The lowest BCUT2D eigenvalue weighted by Crippen LogP contribution is -2.42. The Hall–Kier alpha value is -3.81. The third kappa shape index (κ3) is 4.76. The molecule has 3 N–H and O–H groups in total. The minimum Gasteiger partial charge on any atom is -0.508 e. The first-order valence-electron chi connectivity index (χ1n) is 11.5. The number of carbonyl (C=O) groups excluding carboxylic acids is 1. The number of H-pyrrole nitrogens is 1. The number of benzene rings is 2. The standard InChI is InChI=1S/C27H27N5O2/c1-18(33)20-5-2-19(3-6-20)4-11-24-26-22(17-32-14-12-28-13-15-32)16-25(29-27(26)31-30-24)21-7-9-23(34)10-8-21/h2-11,16,28,34H,12-15,17H2,1H3,(H,29,30,31)/b11-4+. The Morgan fingerprint density at radius 1 is 1.06 bits per heavy atom. The molecule has 5 rings (SSSR count). The van der Waals surface area contributed by atoms with Crippen LogP contribution in [0, 0.1) is 0 Å². The molecule has 0 unspecified atom stereocenters. The smallest absolute Gasteiger partial charge is 0.182 e. The highest BCUT2D eigenvalue weighted by Crippen LogP contribution is 2.29. The van der Waals surface area contributed by atoms with Gasteiger partial charge >= 0.3 is 0 Å². The first-order chi connectivity index (χ1) is 16.6. The fourth-order valence-electron chi connectivity index (χ4n) is 4.27. The number of fused-ring (bicyclic) bond motifs is 1. The van der Waals surface area contributed by atoms with Crippen molar-refractivity contribution in [2.45, 2.75) is 13.5 Å². The molecule has 1 aliphatic heterocycles. The van der Waals surface area contributed by atoms with Gasteiger partial charge in [0.2, 0.25) is 0 Å². The molecule has 0 spiro atoms. The number of aromatic hydroxyl groups is 1. The van der Waals surface area contributed by atoms with E-state index in [-0.39, 0.29) is 11.5 Å². The van der Waals surface area contributed by atoms with Crippen LogP contribution in [0.5, 0.6) is 5.75 Å². The summed E-state index contributed by atoms with van der Waals surface area (Å²) in [5.41, 5.74) is 6.21. The van der Waals surface area contributed by atoms with Gasteiger partial charge in [-0.2, -0.15) is 5.10 Å². The van der Waals surface area contributed by atoms with Crippen LogP contribution in [-0.4, -0.2) is 57.2 Å². The highest BCUT2D eigenvalue weighted by molar-refractivity contribution is 5.94. The van der Waals surface area contributed by atoms with Crippen molar-refractivity contribution in [3.05, 3.63) is 77.0 Å². The normalized spacial score (nSPS) is 14.7. The van der Waals surface area contributed by atoms with Crippen LogP contribution in [0.2, 0.25) is 0 Å². The van der Waals surface area contributed by atoms with Crippen LogP contribution >= 0.6 is 0 Å². The lowest BCUT2D eigenvalue weighted by Gasteiger charge is -2.27. The second kappa shape index (κ2) is 9.59. The van der Waals surface area contributed by atoms with Gasteiger partial charge in [0.15, 0.2) is 11.4 Å². The van der Waals surface area contributed by atoms with Gasteiger partial charge < -0.3 is 10.4 Å². The quantitative estimate of drug-likeness (QED) is 0.381. The molecule has 0 bridgehead atoms. The average Bonchev–Trinajstić information content (AvgIpc) is 3.27. The lowest BCUT2D eigenvalue weighted by atomic mass is 10.0. The van der Waals surface area contributed by atoms with E-state index in [1.807, 2.05) is 48.6 Å². The molecule has 7 heteroatoms. The van der Waals surface area contributed by atoms with E-state index >= 15 is 0 Å². The number of nitrogens with zero attached hydrogens (tertiary/aromatic N) is 3. The van der Waals surface area contributed by atoms with Crippen molar-refractivity contribution >= 4 is 29.0 Å². The fourth-order valence-corrected chi connectivity index (χ4v) is 4.27. The average molecular weight is 454 g/mol. The summed E-state index contributed by atoms with van der Waals surface area (Å²) < 4.78 is 0. The maximum atomic E-state index is 11.5. The monoisotopic (exact) mass is 453 g/mol. The zero-order valence-electron chi connectivity index (χ0n) is 19.1. The maximum absolute atomic E-state index is 11.5. The Bertz CT molecular complexity index is 1330. The predicted octanol–water partition coefficient (Wildman–Crippen LogP) is 4.11. The van der Waals surface area contributed by atoms with Gasteiger partial charge in [-0.1, -0.05) is 30.3 Å². The zero-order chi connectivity index (χ0) is 23.5. The largest absolute Gasteiger partial charge is 0.508 e. The molecule has 0 amide bonds. The van der Waals surface area contributed by atoms with Crippen LogP contribution in [-0.2, 0) is 6.54 Å². The number of carbonyl (C=O) groups is 1. The molecule has 4 aromatic rings. The van der Waals surface area contributed by atoms with E-state index in [2.05, 4.69) is 26.5 Å². The molecule has 0 aliphatic carbocycles. The van der Waals surface area contributed by atoms with Crippen LogP contribution < -0.4 is 5.32 Å². The van der Waals surface area contributed by atoms with Crippen LogP contribution in [0.3, 0.4) is 0 Å². The Morgan fingerprint density at radius 3 is 2.50 bits per heavy atom. The van der Waals surface area contributed by atoms with E-state index in [4.69, 9.17) is 4.98 Å². The third-order valence-electron chi connectivity index (χ3n) is 6.16. The molecule has 3 heterocycles. The van der Waals surface area contributed by atoms with Gasteiger partial charge in [0, 0.05) is 43.9 Å². The van der Waals surface area contributed by atoms with Crippen molar-refractivity contribution in [3.8, 4) is 17.0 Å². The SMILES string of the molecule is CC(=O)c1ccc(/C=C/c2[nH]nc3nc(-c4ccc(O)cc4)cc(CN4CCNCC4)c23)cc1. The van der Waals surface area contributed by atoms with E-state index in [1.54, 1.807) is 19.1 Å². The number of piperazine rings is 1. The summed E-state index contributed by atoms with van der Waals surface area (Å²) in [6, 6.07) is 16.8. The summed E-state index contributed by atoms with van der Waals surface area (Å²) >= 11 is 0. The predicted molar refractivity (Wildman–Crippen MR) is 135 cm³/mol. The van der Waals surface area contributed by atoms with Gasteiger partial charge in [-0.05, 0) is 54.5 Å². The van der Waals surface area contributed by atoms with Crippen molar-refractivity contribution in [1.82, 2.24) is 25.4 Å². The Morgan fingerprint density at radius 2 is 1.79 bits per heavy atom. The third-order valence-corrected chi connectivity index (χ3v) is 6.16. The number of Topliss-reactive ketones (excluding diaryl/α,β-unsaturated/α-hetero) is 1. The molecule has 172 valence electrons. The second-order valence-corrected chi connectivity index (χ2v) is 8.59. The number of phenols is 1. The number of phenolic OH excluding ortho intramolecular Hbond substituents is 1. The molecule has 1 saturated heterocycles. The molecular formula is C27H27N5O2. The molecule has 0 radical (unpaired) electrons. The van der Waals surface area contributed by atoms with E-state index in [0.29, 0.717) is 11.2 Å². The van der Waals surface area contributed by atoms with Crippen molar-refractivity contribution in [1.29, 1.82) is 0 Å². The molecule has 2 aromatic heterocycles. The highest BCUT2D eigenvalue weighted by atomic mass is 16.3. The number of hydrogen-bond donors (Lipinski definition) is 3. The van der Waals surface area contributed by atoms with E-state index < -0.39 is 0 Å². The highest BCUT2D eigenvalue weighted by Gasteiger charge is 2.17. The fraction of sp³-hybridized carbons (Fsp3) is 0.222. The number of rotatable bonds is 6. The first kappa shape index (κ1) is 22.0. The van der Waals surface area contributed by atoms with Crippen LogP contribution in [0.1, 0.15) is 34.1 Å². The van der Waals surface area contributed by atoms with Gasteiger partial charge in [0.25, 0.3) is 0 Å². The molecule has 2 aromatic carbocycles. The summed E-state index contributed by atoms with van der Waals surface area (Å²) in [5.74, 6) is 0.289. The topological polar surface area (TPSA) is 94.1 Å². The molecule has 0 atom stereocenters. The summed E-state index contributed by atoms with van der Waals surface area (Å²) in [6.45, 7) is 6.31. The summed E-state index contributed by atoms with van der Waals surface area (Å²) in [4.78, 5) is 18.8. The lowest BCUT2D eigenvalue weighted by molar-refractivity contribution is 0.101. The Kier molecular flexibility index (Phi) is 6.20. The first-order valence-corrected chi connectivity index (χ1v) is 11.5. The summed E-state index contributed by atoms with van der Waals surface area (Å²) in [5, 5.41) is 21.8. The van der Waals surface area contributed by atoms with Gasteiger partial charge in [-0.3, -0.25) is 14.8 Å². The van der Waals surface area contributed by atoms with Gasteiger partial charge in [-0.25, -0.2) is 4.98 Å². The Balaban J connectivity index is 1.53. The van der Waals surface area contributed by atoms with Crippen LogP contribution in [0.25, 0.3) is 34.4 Å². The number of aromatic amines is 1. The van der Waals surface area contributed by atoms with Gasteiger partial charge in [0.1, 0.15) is 5.75 Å². The van der Waals surface area contributed by atoms with Gasteiger partial charge in [-0.15, -0.1) is 0 Å². The number of aromatic nitrogens is 3. The Labute approximate surface area is 198 Å². The van der Waals surface area contributed by atoms with E-state index in [1.165, 1.54) is 0 Å². The van der Waals surface area contributed by atoms with Crippen molar-refractivity contribution in [2.75, 3.05) is 26.2 Å². The van der Waals surface area contributed by atoms with Crippen molar-refractivity contribution in [2.24, 2.45) is 0 Å². The molecule has 1 aliphatic rings. The minimum atomic E-state index is 0.0585. The van der Waals surface area contributed by atoms with Crippen LogP contribution in [0.15, 0.2) is 54.6 Å². The molecule has 7 nitrogen and oxygen atoms in total. The number of pyridine rings is 1. The number of hydrogen-bond acceptors (Lipinski definition) is 6. The molecular weight excluding hydrogens is 426 g/mol. The van der Waals surface area contributed by atoms with Gasteiger partial charge in [0.05, 0.1) is 16.8 Å². The molecule has 1 fully saturated rings. The minimum absolute atomic E-state index is 0.0585. The molecule has 0 saturated carbocycles. The van der Waals surface area contributed by atoms with E-state index in [9.17, 15) is 9.90 Å². The van der Waals surface area contributed by atoms with Crippen molar-refractivity contribution < 1.29 is 9.90 Å².